The van der Waals surface area contributed by atoms with Crippen LogP contribution in [0.15, 0.2) is 24.4 Å². The lowest BCUT2D eigenvalue weighted by Gasteiger charge is -2.02. The third-order valence-corrected chi connectivity index (χ3v) is 4.61. The van der Waals surface area contributed by atoms with E-state index in [0.29, 0.717) is 21.3 Å². The van der Waals surface area contributed by atoms with Crippen molar-refractivity contribution >= 4 is 45.6 Å². The molecule has 5 nitrogen and oxygen atoms in total. The summed E-state index contributed by atoms with van der Waals surface area (Å²) in [6, 6.07) is 5.24. The summed E-state index contributed by atoms with van der Waals surface area (Å²) in [7, 11) is 1.32. The number of thiazole rings is 1. The Bertz CT molecular complexity index is 913. The average molecular weight is 349 g/mol. The topological polar surface area (TPSA) is 72.1 Å². The number of nitrogens with one attached hydrogen (secondary N) is 1. The highest BCUT2D eigenvalue weighted by Crippen LogP contribution is 2.28. The first kappa shape index (κ1) is 15.7. The van der Waals surface area contributed by atoms with E-state index in [0.717, 1.165) is 15.8 Å². The number of aryl methyl sites for hydroxylation is 1. The van der Waals surface area contributed by atoms with Crippen molar-refractivity contribution in [2.45, 2.75) is 13.3 Å². The zero-order chi connectivity index (χ0) is 16.6. The van der Waals surface area contributed by atoms with Gasteiger partial charge in [0, 0.05) is 32.6 Å². The van der Waals surface area contributed by atoms with Gasteiger partial charge in [0.15, 0.2) is 5.01 Å². The molecular weight excluding hydrogens is 336 g/mol. The maximum absolute atomic E-state index is 12.7. The molecule has 1 aromatic carbocycles. The normalized spacial score (nSPS) is 10.9. The molecule has 3 rings (SSSR count). The number of esters is 1. The summed E-state index contributed by atoms with van der Waals surface area (Å²) in [5.74, 6) is -0.662. The number of halogens is 1. The van der Waals surface area contributed by atoms with Crippen molar-refractivity contribution in [2.75, 3.05) is 7.11 Å². The Morgan fingerprint density at radius 2 is 2.17 bits per heavy atom. The van der Waals surface area contributed by atoms with E-state index in [1.54, 1.807) is 24.4 Å². The summed E-state index contributed by atoms with van der Waals surface area (Å²) in [5.41, 5.74) is 1.67. The summed E-state index contributed by atoms with van der Waals surface area (Å²) < 4.78 is 4.74. The SMILES string of the molecule is COC(=O)Cc1c(C(=O)c2ncc(C)s2)[nH]c2ccc(Cl)cc12. The first-order chi connectivity index (χ1) is 11.0. The molecule has 0 radical (unpaired) electrons. The minimum absolute atomic E-state index is 0.0116. The van der Waals surface area contributed by atoms with Gasteiger partial charge in [-0.2, -0.15) is 0 Å². The monoisotopic (exact) mass is 348 g/mol. The number of carbonyl (C=O) groups is 2. The second-order valence-electron chi connectivity index (χ2n) is 5.03. The lowest BCUT2D eigenvalue weighted by Crippen LogP contribution is -2.10. The van der Waals surface area contributed by atoms with Crippen LogP contribution in [0.25, 0.3) is 10.9 Å². The van der Waals surface area contributed by atoms with Crippen LogP contribution in [0.1, 0.15) is 25.9 Å². The Labute approximate surface area is 141 Å². The zero-order valence-electron chi connectivity index (χ0n) is 12.5. The Morgan fingerprint density at radius 3 is 2.83 bits per heavy atom. The van der Waals surface area contributed by atoms with Crippen molar-refractivity contribution < 1.29 is 14.3 Å². The van der Waals surface area contributed by atoms with Crippen molar-refractivity contribution in [3.63, 3.8) is 0 Å². The van der Waals surface area contributed by atoms with E-state index in [-0.39, 0.29) is 12.2 Å². The molecule has 0 fully saturated rings. The number of nitrogens with zero attached hydrogens (tertiary/aromatic N) is 1. The summed E-state index contributed by atoms with van der Waals surface area (Å²) in [4.78, 5) is 32.6. The number of benzene rings is 1. The Hall–Kier alpha value is -2.18. The molecule has 0 aliphatic heterocycles. The molecule has 0 aliphatic carbocycles. The van der Waals surface area contributed by atoms with Gasteiger partial charge >= 0.3 is 5.97 Å². The second kappa shape index (κ2) is 6.14. The number of ketones is 1. The predicted molar refractivity (Wildman–Crippen MR) is 89.3 cm³/mol. The molecule has 0 aliphatic rings. The highest BCUT2D eigenvalue weighted by molar-refractivity contribution is 7.13. The third kappa shape index (κ3) is 3.00. The van der Waals surface area contributed by atoms with Gasteiger partial charge in [-0.3, -0.25) is 9.59 Å². The number of aromatic amines is 1. The molecule has 23 heavy (non-hydrogen) atoms. The van der Waals surface area contributed by atoms with E-state index >= 15 is 0 Å². The van der Waals surface area contributed by atoms with Crippen LogP contribution in [-0.2, 0) is 16.0 Å². The fourth-order valence-corrected chi connectivity index (χ4v) is 3.26. The number of ether oxygens (including phenoxy) is 1. The summed E-state index contributed by atoms with van der Waals surface area (Å²) in [6.45, 7) is 1.88. The molecule has 2 aromatic heterocycles. The van der Waals surface area contributed by atoms with Crippen molar-refractivity contribution in [3.8, 4) is 0 Å². The molecule has 0 saturated heterocycles. The van der Waals surface area contributed by atoms with Gasteiger partial charge in [-0.25, -0.2) is 4.98 Å². The molecule has 1 N–H and O–H groups in total. The number of H-pyrrole nitrogens is 1. The summed E-state index contributed by atoms with van der Waals surface area (Å²) in [6.07, 6.45) is 1.64. The van der Waals surface area contributed by atoms with Gasteiger partial charge < -0.3 is 9.72 Å². The van der Waals surface area contributed by atoms with Gasteiger partial charge in [-0.05, 0) is 25.1 Å². The molecule has 2 heterocycles. The number of methoxy groups -OCH3 is 1. The standard InChI is InChI=1S/C16H13ClN2O3S/c1-8-7-18-16(23-8)15(21)14-11(6-13(20)22-2)10-5-9(17)3-4-12(10)19-14/h3-5,7,19H,6H2,1-2H3. The molecule has 0 atom stereocenters. The van der Waals surface area contributed by atoms with Crippen LogP contribution in [0.2, 0.25) is 5.02 Å². The van der Waals surface area contributed by atoms with Crippen LogP contribution >= 0.6 is 22.9 Å². The number of hydrogen-bond acceptors (Lipinski definition) is 5. The molecule has 0 spiro atoms. The van der Waals surface area contributed by atoms with Crippen LogP contribution in [0.3, 0.4) is 0 Å². The van der Waals surface area contributed by atoms with E-state index < -0.39 is 5.97 Å². The highest BCUT2D eigenvalue weighted by Gasteiger charge is 2.23. The lowest BCUT2D eigenvalue weighted by atomic mass is 10.1. The van der Waals surface area contributed by atoms with Crippen molar-refractivity contribution in [3.05, 3.63) is 50.6 Å². The number of aromatic nitrogens is 2. The van der Waals surface area contributed by atoms with Gasteiger partial charge in [0.2, 0.25) is 5.78 Å². The molecule has 0 bridgehead atoms. The second-order valence-corrected chi connectivity index (χ2v) is 6.70. The molecule has 118 valence electrons. The van der Waals surface area contributed by atoms with E-state index in [1.165, 1.54) is 18.4 Å². The predicted octanol–water partition coefficient (Wildman–Crippen LogP) is 3.53. The van der Waals surface area contributed by atoms with E-state index in [9.17, 15) is 9.59 Å². The maximum Gasteiger partial charge on any atom is 0.310 e. The number of rotatable bonds is 4. The van der Waals surface area contributed by atoms with Crippen LogP contribution in [0.4, 0.5) is 0 Å². The first-order valence-electron chi connectivity index (χ1n) is 6.83. The Morgan fingerprint density at radius 1 is 1.39 bits per heavy atom. The third-order valence-electron chi connectivity index (χ3n) is 3.46. The van der Waals surface area contributed by atoms with Gasteiger partial charge in [0.05, 0.1) is 19.2 Å². The van der Waals surface area contributed by atoms with Crippen molar-refractivity contribution in [1.29, 1.82) is 0 Å². The number of carbonyl (C=O) groups excluding carboxylic acids is 2. The zero-order valence-corrected chi connectivity index (χ0v) is 14.0. The van der Waals surface area contributed by atoms with E-state index in [2.05, 4.69) is 9.97 Å². The quantitative estimate of drug-likeness (QED) is 0.578. The summed E-state index contributed by atoms with van der Waals surface area (Å²) >= 11 is 7.36. The molecule has 0 unspecified atom stereocenters. The minimum Gasteiger partial charge on any atom is -0.469 e. The van der Waals surface area contributed by atoms with Crippen LogP contribution < -0.4 is 0 Å². The number of fused-ring (bicyclic) bond motifs is 1. The molecule has 3 aromatic rings. The molecular formula is C16H13ClN2O3S. The largest absolute Gasteiger partial charge is 0.469 e. The van der Waals surface area contributed by atoms with Crippen LogP contribution in [-0.4, -0.2) is 28.8 Å². The van der Waals surface area contributed by atoms with E-state index in [1.807, 2.05) is 6.92 Å². The van der Waals surface area contributed by atoms with Crippen molar-refractivity contribution in [2.24, 2.45) is 0 Å². The maximum atomic E-state index is 12.7. The summed E-state index contributed by atoms with van der Waals surface area (Å²) in [5, 5.41) is 1.65. The minimum atomic E-state index is -0.421. The average Bonchev–Trinajstić information content (AvgIpc) is 3.11. The van der Waals surface area contributed by atoms with Gasteiger partial charge in [0.25, 0.3) is 0 Å². The van der Waals surface area contributed by atoms with Crippen LogP contribution in [0.5, 0.6) is 0 Å². The number of hydrogen-bond donors (Lipinski definition) is 1. The molecule has 0 saturated carbocycles. The van der Waals surface area contributed by atoms with Gasteiger partial charge in [0.1, 0.15) is 0 Å². The Kier molecular flexibility index (Phi) is 4.19. The molecule has 7 heteroatoms. The smallest absolute Gasteiger partial charge is 0.310 e. The van der Waals surface area contributed by atoms with Crippen molar-refractivity contribution in [1.82, 2.24) is 9.97 Å². The Balaban J connectivity index is 2.16. The fourth-order valence-electron chi connectivity index (χ4n) is 2.38. The fraction of sp³-hybridized carbons (Fsp3) is 0.188. The van der Waals surface area contributed by atoms with Gasteiger partial charge in [-0.15, -0.1) is 11.3 Å². The first-order valence-corrected chi connectivity index (χ1v) is 8.03. The lowest BCUT2D eigenvalue weighted by molar-refractivity contribution is -0.139. The van der Waals surface area contributed by atoms with E-state index in [4.69, 9.17) is 16.3 Å². The van der Waals surface area contributed by atoms with Gasteiger partial charge in [-0.1, -0.05) is 11.6 Å². The van der Waals surface area contributed by atoms with Crippen LogP contribution in [0, 0.1) is 6.92 Å². The highest BCUT2D eigenvalue weighted by atomic mass is 35.5. The molecule has 0 amide bonds.